The number of ether oxygens (including phenoxy) is 1. The standard InChI is InChI=1S/C34H31N3O7/c1-19(33(40)36-16-20-14-22(18-36)26-7-5-9-29(39)37(26)17-20)35-28(38)15-25-30-32(24-6-3-4-8-27(24)43-34(30)41)44-31(25)21-10-12-23(42-2)13-11-21/h3-13,19-20,22H,14-18H2,1-2H3,(H,35,38)/t19-,20+,22-/m0/s1. The van der Waals surface area contributed by atoms with E-state index in [1.165, 1.54) is 0 Å². The van der Waals surface area contributed by atoms with Crippen molar-refractivity contribution in [2.75, 3.05) is 20.2 Å². The number of para-hydroxylation sites is 1. The number of nitrogens with zero attached hydrogens (tertiary/aromatic N) is 2. The van der Waals surface area contributed by atoms with Gasteiger partial charge in [-0.25, -0.2) is 4.79 Å². The Balaban J connectivity index is 1.16. The third kappa shape index (κ3) is 4.76. The van der Waals surface area contributed by atoms with Crippen LogP contribution in [-0.4, -0.2) is 47.5 Å². The lowest BCUT2D eigenvalue weighted by Crippen LogP contribution is -2.54. The Bertz CT molecular complexity index is 2040. The number of hydrogen-bond acceptors (Lipinski definition) is 7. The van der Waals surface area contributed by atoms with E-state index < -0.39 is 17.6 Å². The molecule has 224 valence electrons. The van der Waals surface area contributed by atoms with Gasteiger partial charge in [0.05, 0.1) is 18.9 Å². The van der Waals surface area contributed by atoms with Crippen LogP contribution in [0.2, 0.25) is 0 Å². The average molecular weight is 594 g/mol. The van der Waals surface area contributed by atoms with Gasteiger partial charge >= 0.3 is 5.63 Å². The average Bonchev–Trinajstić information content (AvgIpc) is 3.41. The van der Waals surface area contributed by atoms with Crippen molar-refractivity contribution in [1.29, 1.82) is 0 Å². The molecule has 7 rings (SSSR count). The summed E-state index contributed by atoms with van der Waals surface area (Å²) in [6.45, 7) is 3.26. The van der Waals surface area contributed by atoms with Gasteiger partial charge in [0.2, 0.25) is 11.8 Å². The summed E-state index contributed by atoms with van der Waals surface area (Å²) in [7, 11) is 1.57. The minimum Gasteiger partial charge on any atom is -0.497 e. The number of pyridine rings is 1. The molecule has 0 aliphatic carbocycles. The van der Waals surface area contributed by atoms with Gasteiger partial charge in [0.15, 0.2) is 5.58 Å². The summed E-state index contributed by atoms with van der Waals surface area (Å²) < 4.78 is 19.0. The molecule has 3 aromatic heterocycles. The molecule has 1 saturated heterocycles. The lowest BCUT2D eigenvalue weighted by atomic mass is 9.83. The first-order valence-corrected chi connectivity index (χ1v) is 14.7. The van der Waals surface area contributed by atoms with Crippen LogP contribution in [0.1, 0.15) is 30.5 Å². The zero-order chi connectivity index (χ0) is 30.5. The molecule has 10 nitrogen and oxygen atoms in total. The van der Waals surface area contributed by atoms with E-state index in [4.69, 9.17) is 13.6 Å². The number of rotatable bonds is 6. The van der Waals surface area contributed by atoms with Crippen molar-refractivity contribution in [3.63, 3.8) is 0 Å². The highest BCUT2D eigenvalue weighted by Gasteiger charge is 2.37. The van der Waals surface area contributed by atoms with Crippen LogP contribution in [0.15, 0.2) is 85.2 Å². The van der Waals surface area contributed by atoms with Crippen LogP contribution in [0, 0.1) is 5.92 Å². The Labute approximate surface area is 251 Å². The second kappa shape index (κ2) is 10.9. The van der Waals surface area contributed by atoms with Crippen LogP contribution in [0.3, 0.4) is 0 Å². The number of aromatic nitrogens is 1. The Kier molecular flexibility index (Phi) is 6.84. The van der Waals surface area contributed by atoms with Gasteiger partial charge in [-0.1, -0.05) is 18.2 Å². The second-order valence-corrected chi connectivity index (χ2v) is 11.6. The summed E-state index contributed by atoms with van der Waals surface area (Å²) in [5.74, 6) is 0.660. The number of piperidine rings is 1. The van der Waals surface area contributed by atoms with Crippen LogP contribution in [0.5, 0.6) is 5.75 Å². The maximum absolute atomic E-state index is 13.6. The van der Waals surface area contributed by atoms with E-state index in [0.717, 1.165) is 12.1 Å². The molecule has 2 aliphatic rings. The SMILES string of the molecule is COc1ccc(-c2oc3c(c2CC(=O)N[C@@H](C)C(=O)N2C[C@H]4C[C@@H](C2)c2cccc(=O)n2C4)c(=O)oc2ccccc23)cc1. The van der Waals surface area contributed by atoms with E-state index in [-0.39, 0.29) is 35.1 Å². The Morgan fingerprint density at radius 2 is 1.77 bits per heavy atom. The molecule has 2 bridgehead atoms. The highest BCUT2D eigenvalue weighted by atomic mass is 16.5. The zero-order valence-corrected chi connectivity index (χ0v) is 24.4. The summed E-state index contributed by atoms with van der Waals surface area (Å²) >= 11 is 0. The minimum atomic E-state index is -0.792. The van der Waals surface area contributed by atoms with Crippen LogP contribution >= 0.6 is 0 Å². The van der Waals surface area contributed by atoms with E-state index in [1.54, 1.807) is 73.5 Å². The number of amides is 2. The topological polar surface area (TPSA) is 124 Å². The number of carbonyl (C=O) groups is 2. The van der Waals surface area contributed by atoms with Crippen molar-refractivity contribution in [1.82, 2.24) is 14.8 Å². The quantitative estimate of drug-likeness (QED) is 0.295. The molecule has 2 aliphatic heterocycles. The van der Waals surface area contributed by atoms with Gasteiger partial charge < -0.3 is 28.4 Å². The summed E-state index contributed by atoms with van der Waals surface area (Å²) in [5.41, 5.74) is 2.11. The predicted octanol–water partition coefficient (Wildman–Crippen LogP) is 4.07. The van der Waals surface area contributed by atoms with Crippen molar-refractivity contribution >= 4 is 33.8 Å². The van der Waals surface area contributed by atoms with Crippen molar-refractivity contribution in [2.24, 2.45) is 5.92 Å². The number of carbonyl (C=O) groups excluding carboxylic acids is 2. The normalized spacial score (nSPS) is 18.2. The third-order valence-corrected chi connectivity index (χ3v) is 8.77. The van der Waals surface area contributed by atoms with E-state index in [2.05, 4.69) is 5.32 Å². The number of benzene rings is 2. The molecule has 0 unspecified atom stereocenters. The highest BCUT2D eigenvalue weighted by molar-refractivity contribution is 6.05. The fraction of sp³-hybridized carbons (Fsp3) is 0.294. The van der Waals surface area contributed by atoms with Crippen molar-refractivity contribution in [3.05, 3.63) is 98.8 Å². The molecule has 1 N–H and O–H groups in total. The summed E-state index contributed by atoms with van der Waals surface area (Å²) in [6.07, 6.45) is 0.726. The minimum absolute atomic E-state index is 0.0135. The lowest BCUT2D eigenvalue weighted by molar-refractivity contribution is -0.138. The van der Waals surface area contributed by atoms with Gasteiger partial charge in [-0.15, -0.1) is 0 Å². The summed E-state index contributed by atoms with van der Waals surface area (Å²) in [4.78, 5) is 54.4. The number of hydrogen-bond donors (Lipinski definition) is 1. The molecule has 0 radical (unpaired) electrons. The fourth-order valence-electron chi connectivity index (χ4n) is 6.77. The molecule has 2 amide bonds. The number of likely N-dealkylation sites (tertiary alicyclic amines) is 1. The fourth-order valence-corrected chi connectivity index (χ4v) is 6.77. The van der Waals surface area contributed by atoms with Crippen molar-refractivity contribution < 1.29 is 23.2 Å². The number of methoxy groups -OCH3 is 1. The molecule has 3 atom stereocenters. The number of nitrogens with one attached hydrogen (secondary N) is 1. The van der Waals surface area contributed by atoms with Gasteiger partial charge in [0.1, 0.15) is 28.5 Å². The van der Waals surface area contributed by atoms with E-state index >= 15 is 0 Å². The molecule has 1 fully saturated rings. The van der Waals surface area contributed by atoms with Crippen LogP contribution in [0.4, 0.5) is 0 Å². The highest BCUT2D eigenvalue weighted by Crippen LogP contribution is 2.37. The molecular weight excluding hydrogens is 562 g/mol. The molecule has 44 heavy (non-hydrogen) atoms. The Morgan fingerprint density at radius 3 is 2.57 bits per heavy atom. The smallest absolute Gasteiger partial charge is 0.347 e. The maximum Gasteiger partial charge on any atom is 0.347 e. The van der Waals surface area contributed by atoms with E-state index in [9.17, 15) is 19.2 Å². The van der Waals surface area contributed by atoms with Gasteiger partial charge in [-0.05, 0) is 61.7 Å². The van der Waals surface area contributed by atoms with Crippen LogP contribution < -0.4 is 21.2 Å². The van der Waals surface area contributed by atoms with E-state index in [1.807, 2.05) is 16.7 Å². The largest absolute Gasteiger partial charge is 0.497 e. The molecule has 5 heterocycles. The molecule has 10 heteroatoms. The zero-order valence-electron chi connectivity index (χ0n) is 24.4. The first-order valence-electron chi connectivity index (χ1n) is 14.7. The monoisotopic (exact) mass is 593 g/mol. The molecule has 0 saturated carbocycles. The van der Waals surface area contributed by atoms with Crippen LogP contribution in [0.25, 0.3) is 33.3 Å². The van der Waals surface area contributed by atoms with E-state index in [0.29, 0.717) is 58.8 Å². The summed E-state index contributed by atoms with van der Waals surface area (Å²) in [6, 6.07) is 18.7. The molecular formula is C34H31N3O7. The Hall–Kier alpha value is -5.12. The molecule has 0 spiro atoms. The van der Waals surface area contributed by atoms with Gasteiger partial charge in [0.25, 0.3) is 5.56 Å². The Morgan fingerprint density at radius 1 is 0.977 bits per heavy atom. The molecule has 5 aromatic rings. The van der Waals surface area contributed by atoms with Gasteiger partial charge in [-0.3, -0.25) is 14.4 Å². The first kappa shape index (κ1) is 27.7. The van der Waals surface area contributed by atoms with Gasteiger partial charge in [0, 0.05) is 48.4 Å². The van der Waals surface area contributed by atoms with Crippen molar-refractivity contribution in [3.8, 4) is 17.1 Å². The third-order valence-electron chi connectivity index (χ3n) is 8.77. The number of furan rings is 1. The van der Waals surface area contributed by atoms with Crippen LogP contribution in [-0.2, 0) is 22.6 Å². The lowest BCUT2D eigenvalue weighted by Gasteiger charge is -2.43. The van der Waals surface area contributed by atoms with Crippen molar-refractivity contribution in [2.45, 2.75) is 38.3 Å². The second-order valence-electron chi connectivity index (χ2n) is 11.6. The van der Waals surface area contributed by atoms with Gasteiger partial charge in [-0.2, -0.15) is 0 Å². The maximum atomic E-state index is 13.6. The predicted molar refractivity (Wildman–Crippen MR) is 164 cm³/mol. The first-order chi connectivity index (χ1) is 21.3. The molecule has 2 aromatic carbocycles. The summed E-state index contributed by atoms with van der Waals surface area (Å²) in [5, 5.41) is 3.66. The number of fused-ring (bicyclic) bond motifs is 7.